The average molecular weight is 579 g/mol. The van der Waals surface area contributed by atoms with Crippen molar-refractivity contribution in [2.45, 2.75) is 0 Å². The average Bonchev–Trinajstić information content (AvgIpc) is 3.57. The second-order valence-corrected chi connectivity index (χ2v) is 10.8. The smallest absolute Gasteiger partial charge is 0.164 e. The summed E-state index contributed by atoms with van der Waals surface area (Å²) in [5, 5.41) is 1.09. The molecule has 8 aromatic rings. The Morgan fingerprint density at radius 2 is 0.911 bits per heavy atom. The van der Waals surface area contributed by atoms with E-state index in [1.807, 2.05) is 91.1 Å². The van der Waals surface area contributed by atoms with E-state index in [9.17, 15) is 0 Å². The van der Waals surface area contributed by atoms with Gasteiger partial charge in [0.1, 0.15) is 11.3 Å². The Morgan fingerprint density at radius 3 is 1.53 bits per heavy atom. The molecule has 3 heterocycles. The SMILES string of the molecule is c1ccc(-c2nc(-c3ccccc3)nc(-c3cc(-c4ccc(-c5cc6ccccc6o5)cc4)cc(-c4cccnc4)c3)n2)cc1. The molecule has 0 aliphatic rings. The first-order chi connectivity index (χ1) is 22.3. The highest BCUT2D eigenvalue weighted by Gasteiger charge is 2.15. The normalized spacial score (nSPS) is 11.1. The van der Waals surface area contributed by atoms with Crippen LogP contribution >= 0.6 is 0 Å². The highest BCUT2D eigenvalue weighted by molar-refractivity contribution is 5.84. The van der Waals surface area contributed by atoms with E-state index in [0.29, 0.717) is 17.5 Å². The first kappa shape index (κ1) is 26.4. The van der Waals surface area contributed by atoms with Crippen LogP contribution in [0.1, 0.15) is 0 Å². The van der Waals surface area contributed by atoms with E-state index < -0.39 is 0 Å². The van der Waals surface area contributed by atoms with Crippen molar-refractivity contribution in [3.63, 3.8) is 0 Å². The summed E-state index contributed by atoms with van der Waals surface area (Å²) < 4.78 is 6.12. The van der Waals surface area contributed by atoms with Crippen LogP contribution in [-0.2, 0) is 0 Å². The van der Waals surface area contributed by atoms with E-state index >= 15 is 0 Å². The number of hydrogen-bond acceptors (Lipinski definition) is 5. The monoisotopic (exact) mass is 578 g/mol. The Bertz CT molecular complexity index is 2150. The van der Waals surface area contributed by atoms with Crippen LogP contribution in [0.5, 0.6) is 0 Å². The molecule has 212 valence electrons. The van der Waals surface area contributed by atoms with Gasteiger partial charge in [0.05, 0.1) is 0 Å². The van der Waals surface area contributed by atoms with Gasteiger partial charge in [0.2, 0.25) is 0 Å². The molecule has 0 amide bonds. The van der Waals surface area contributed by atoms with Crippen molar-refractivity contribution in [3.05, 3.63) is 158 Å². The molecule has 8 rings (SSSR count). The molecule has 3 aromatic heterocycles. The molecule has 0 unspecified atom stereocenters. The van der Waals surface area contributed by atoms with Crippen molar-refractivity contribution in [1.29, 1.82) is 0 Å². The summed E-state index contributed by atoms with van der Waals surface area (Å²) in [5.41, 5.74) is 8.83. The fourth-order valence-corrected chi connectivity index (χ4v) is 5.51. The quantitative estimate of drug-likeness (QED) is 0.196. The molecular formula is C40H26N4O. The third-order valence-electron chi connectivity index (χ3n) is 7.81. The van der Waals surface area contributed by atoms with Gasteiger partial charge in [0.25, 0.3) is 0 Å². The highest BCUT2D eigenvalue weighted by Crippen LogP contribution is 2.35. The van der Waals surface area contributed by atoms with Crippen LogP contribution < -0.4 is 0 Å². The first-order valence-electron chi connectivity index (χ1n) is 14.8. The Labute approximate surface area is 260 Å². The zero-order chi connectivity index (χ0) is 30.0. The third-order valence-corrected chi connectivity index (χ3v) is 7.81. The van der Waals surface area contributed by atoms with Crippen molar-refractivity contribution in [2.75, 3.05) is 0 Å². The Balaban J connectivity index is 1.27. The van der Waals surface area contributed by atoms with E-state index in [0.717, 1.165) is 61.2 Å². The van der Waals surface area contributed by atoms with Crippen molar-refractivity contribution in [1.82, 2.24) is 19.9 Å². The second kappa shape index (κ2) is 11.5. The predicted molar refractivity (Wildman–Crippen MR) is 180 cm³/mol. The topological polar surface area (TPSA) is 64.7 Å². The van der Waals surface area contributed by atoms with Gasteiger partial charge in [-0.05, 0) is 53.1 Å². The second-order valence-electron chi connectivity index (χ2n) is 10.8. The number of nitrogens with zero attached hydrogens (tertiary/aromatic N) is 4. The number of fused-ring (bicyclic) bond motifs is 1. The van der Waals surface area contributed by atoms with Gasteiger partial charge < -0.3 is 4.42 Å². The lowest BCUT2D eigenvalue weighted by Crippen LogP contribution is -2.00. The van der Waals surface area contributed by atoms with Gasteiger partial charge in [-0.25, -0.2) is 15.0 Å². The molecular weight excluding hydrogens is 552 g/mol. The number of aromatic nitrogens is 4. The largest absolute Gasteiger partial charge is 0.456 e. The molecule has 0 aliphatic heterocycles. The summed E-state index contributed by atoms with van der Waals surface area (Å²) in [6, 6.07) is 49.2. The summed E-state index contributed by atoms with van der Waals surface area (Å²) >= 11 is 0. The molecule has 0 fully saturated rings. The lowest BCUT2D eigenvalue weighted by atomic mass is 9.95. The van der Waals surface area contributed by atoms with Crippen molar-refractivity contribution < 1.29 is 4.42 Å². The summed E-state index contributed by atoms with van der Waals surface area (Å²) in [6.07, 6.45) is 3.67. The fraction of sp³-hybridized carbons (Fsp3) is 0. The van der Waals surface area contributed by atoms with Gasteiger partial charge in [-0.15, -0.1) is 0 Å². The van der Waals surface area contributed by atoms with Gasteiger partial charge in [-0.2, -0.15) is 0 Å². The van der Waals surface area contributed by atoms with Gasteiger partial charge in [0, 0.05) is 45.6 Å². The van der Waals surface area contributed by atoms with E-state index in [-0.39, 0.29) is 0 Å². The molecule has 45 heavy (non-hydrogen) atoms. The summed E-state index contributed by atoms with van der Waals surface area (Å²) in [5.74, 6) is 2.71. The molecule has 0 bridgehead atoms. The van der Waals surface area contributed by atoms with E-state index in [2.05, 4.69) is 65.6 Å². The van der Waals surface area contributed by atoms with Crippen LogP contribution in [0.3, 0.4) is 0 Å². The fourth-order valence-electron chi connectivity index (χ4n) is 5.51. The molecule has 0 atom stereocenters. The number of furan rings is 1. The van der Waals surface area contributed by atoms with Crippen LogP contribution in [0.25, 0.3) is 78.7 Å². The lowest BCUT2D eigenvalue weighted by Gasteiger charge is -2.12. The molecule has 0 radical (unpaired) electrons. The summed E-state index contributed by atoms with van der Waals surface area (Å²) in [4.78, 5) is 19.2. The van der Waals surface area contributed by atoms with Crippen LogP contribution in [0.2, 0.25) is 0 Å². The van der Waals surface area contributed by atoms with Crippen LogP contribution in [0, 0.1) is 0 Å². The van der Waals surface area contributed by atoms with E-state index in [1.54, 1.807) is 6.20 Å². The lowest BCUT2D eigenvalue weighted by molar-refractivity contribution is 0.631. The Kier molecular flexibility index (Phi) is 6.74. The standard InChI is InChI=1S/C40H26N4O/c1-3-10-29(11-4-1)38-42-39(30-12-5-2-6-13-30)44-40(43-38)35-23-33(22-34(24-35)32-15-9-21-41-26-32)27-17-19-28(20-18-27)37-25-31-14-7-8-16-36(31)45-37/h1-26H. The zero-order valence-corrected chi connectivity index (χ0v) is 24.2. The Hall–Kier alpha value is -6.20. The van der Waals surface area contributed by atoms with Gasteiger partial charge >= 0.3 is 0 Å². The summed E-state index contributed by atoms with van der Waals surface area (Å²) in [6.45, 7) is 0. The minimum atomic E-state index is 0.605. The van der Waals surface area contributed by atoms with Crippen LogP contribution in [-0.4, -0.2) is 19.9 Å². The Morgan fingerprint density at radius 1 is 0.378 bits per heavy atom. The molecule has 0 saturated carbocycles. The molecule has 5 aromatic carbocycles. The zero-order valence-electron chi connectivity index (χ0n) is 24.2. The van der Waals surface area contributed by atoms with Gasteiger partial charge in [-0.3, -0.25) is 4.98 Å². The van der Waals surface area contributed by atoms with Crippen LogP contribution in [0.4, 0.5) is 0 Å². The molecule has 0 aliphatic carbocycles. The molecule has 5 heteroatoms. The minimum Gasteiger partial charge on any atom is -0.456 e. The molecule has 0 spiro atoms. The molecule has 0 saturated heterocycles. The number of pyridine rings is 1. The van der Waals surface area contributed by atoms with Gasteiger partial charge in [0.15, 0.2) is 17.5 Å². The third kappa shape index (κ3) is 5.39. The molecule has 5 nitrogen and oxygen atoms in total. The van der Waals surface area contributed by atoms with E-state index in [1.165, 1.54) is 0 Å². The van der Waals surface area contributed by atoms with Gasteiger partial charge in [-0.1, -0.05) is 109 Å². The highest BCUT2D eigenvalue weighted by atomic mass is 16.3. The van der Waals surface area contributed by atoms with Crippen molar-refractivity contribution in [2.24, 2.45) is 0 Å². The number of hydrogen-bond donors (Lipinski definition) is 0. The maximum absolute atomic E-state index is 6.12. The van der Waals surface area contributed by atoms with Crippen LogP contribution in [0.15, 0.2) is 162 Å². The maximum atomic E-state index is 6.12. The number of benzene rings is 5. The van der Waals surface area contributed by atoms with Crippen molar-refractivity contribution >= 4 is 11.0 Å². The maximum Gasteiger partial charge on any atom is 0.164 e. The molecule has 0 N–H and O–H groups in total. The van der Waals surface area contributed by atoms with Crippen molar-refractivity contribution in [3.8, 4) is 67.7 Å². The predicted octanol–water partition coefficient (Wildman–Crippen LogP) is 10.0. The number of rotatable bonds is 6. The summed E-state index contributed by atoms with van der Waals surface area (Å²) in [7, 11) is 0. The minimum absolute atomic E-state index is 0.605. The van der Waals surface area contributed by atoms with E-state index in [4.69, 9.17) is 19.4 Å². The number of para-hydroxylation sites is 1. The first-order valence-corrected chi connectivity index (χ1v) is 14.8.